The van der Waals surface area contributed by atoms with E-state index in [2.05, 4.69) is 4.74 Å². The van der Waals surface area contributed by atoms with E-state index in [0.717, 1.165) is 0 Å². The van der Waals surface area contributed by atoms with E-state index in [1.807, 2.05) is 19.2 Å². The van der Waals surface area contributed by atoms with Crippen LogP contribution in [-0.4, -0.2) is 37.8 Å². The van der Waals surface area contributed by atoms with Crippen molar-refractivity contribution in [2.45, 2.75) is 20.8 Å². The van der Waals surface area contributed by atoms with E-state index in [1.165, 1.54) is 6.07 Å². The molecule has 1 N–H and O–H groups in total. The van der Waals surface area contributed by atoms with Crippen molar-refractivity contribution >= 4 is 18.0 Å². The highest BCUT2D eigenvalue weighted by atomic mass is 16.6. The normalized spacial score (nSPS) is 10.1. The molecule has 126 valence electrons. The van der Waals surface area contributed by atoms with Gasteiger partial charge in [0.05, 0.1) is 18.8 Å². The summed E-state index contributed by atoms with van der Waals surface area (Å²) in [5.41, 5.74) is 0.259. The van der Waals surface area contributed by atoms with Crippen LogP contribution in [0.3, 0.4) is 0 Å². The zero-order chi connectivity index (χ0) is 17.2. The number of hydrogen-bond acceptors (Lipinski definition) is 6. The number of nitrogens with one attached hydrogen (secondary N) is 1. The molecule has 0 bridgehead atoms. The molecule has 0 saturated heterocycles. The Morgan fingerprint density at radius 1 is 1.17 bits per heavy atom. The Hall–Kier alpha value is -2.57. The van der Waals surface area contributed by atoms with Crippen LogP contribution in [0, 0.1) is 5.92 Å². The van der Waals surface area contributed by atoms with E-state index in [0.29, 0.717) is 18.3 Å². The number of hydrogen-bond donors (Lipinski definition) is 1. The van der Waals surface area contributed by atoms with Gasteiger partial charge >= 0.3 is 12.1 Å². The van der Waals surface area contributed by atoms with Gasteiger partial charge in [0.1, 0.15) is 5.75 Å². The first kappa shape index (κ1) is 18.5. The molecule has 0 radical (unpaired) electrons. The van der Waals surface area contributed by atoms with Gasteiger partial charge in [0.25, 0.3) is 5.91 Å². The van der Waals surface area contributed by atoms with Gasteiger partial charge in [-0.1, -0.05) is 19.9 Å². The van der Waals surface area contributed by atoms with Crippen LogP contribution in [0.15, 0.2) is 24.3 Å². The molecular formula is C16H21NO6. The van der Waals surface area contributed by atoms with Crippen molar-refractivity contribution in [1.82, 2.24) is 5.32 Å². The second kappa shape index (κ2) is 9.45. The minimum absolute atomic E-state index is 0.141. The zero-order valence-electron chi connectivity index (χ0n) is 13.5. The van der Waals surface area contributed by atoms with Gasteiger partial charge < -0.3 is 14.2 Å². The first-order valence-electron chi connectivity index (χ1n) is 7.29. The van der Waals surface area contributed by atoms with Crippen molar-refractivity contribution < 1.29 is 28.6 Å². The van der Waals surface area contributed by atoms with Gasteiger partial charge in [-0.25, -0.2) is 9.59 Å². The molecule has 0 saturated carbocycles. The largest absolute Gasteiger partial charge is 0.493 e. The van der Waals surface area contributed by atoms with Crippen molar-refractivity contribution in [3.63, 3.8) is 0 Å². The molecule has 1 rings (SSSR count). The Morgan fingerprint density at radius 3 is 2.57 bits per heavy atom. The number of carbonyl (C=O) groups is 3. The molecular weight excluding hydrogens is 302 g/mol. The maximum atomic E-state index is 11.9. The van der Waals surface area contributed by atoms with Gasteiger partial charge in [-0.3, -0.25) is 10.1 Å². The quantitative estimate of drug-likeness (QED) is 0.773. The monoisotopic (exact) mass is 323 g/mol. The lowest BCUT2D eigenvalue weighted by Gasteiger charge is -2.10. The van der Waals surface area contributed by atoms with Gasteiger partial charge in [-0.2, -0.15) is 0 Å². The van der Waals surface area contributed by atoms with Crippen molar-refractivity contribution in [2.75, 3.05) is 19.8 Å². The fraction of sp³-hybridized carbons (Fsp3) is 0.438. The summed E-state index contributed by atoms with van der Waals surface area (Å²) in [6, 6.07) is 6.47. The van der Waals surface area contributed by atoms with Crippen molar-refractivity contribution in [3.05, 3.63) is 29.8 Å². The SMILES string of the molecule is CCOC(=O)NC(=O)COC(=O)c1cccc(OCC(C)C)c1. The maximum absolute atomic E-state index is 11.9. The molecule has 0 atom stereocenters. The highest BCUT2D eigenvalue weighted by Crippen LogP contribution is 2.15. The summed E-state index contributed by atoms with van der Waals surface area (Å²) in [4.78, 5) is 34.3. The minimum Gasteiger partial charge on any atom is -0.493 e. The van der Waals surface area contributed by atoms with E-state index in [9.17, 15) is 14.4 Å². The van der Waals surface area contributed by atoms with Crippen molar-refractivity contribution in [1.29, 1.82) is 0 Å². The Labute approximate surface area is 134 Å². The molecule has 1 aromatic rings. The molecule has 0 fully saturated rings. The first-order chi connectivity index (χ1) is 10.9. The Morgan fingerprint density at radius 2 is 1.91 bits per heavy atom. The third-order valence-corrected chi connectivity index (χ3v) is 2.50. The molecule has 1 aromatic carbocycles. The molecule has 23 heavy (non-hydrogen) atoms. The van der Waals surface area contributed by atoms with E-state index < -0.39 is 24.6 Å². The van der Waals surface area contributed by atoms with E-state index >= 15 is 0 Å². The molecule has 0 spiro atoms. The standard InChI is InChI=1S/C16H21NO6/c1-4-21-16(20)17-14(18)10-23-15(19)12-6-5-7-13(8-12)22-9-11(2)3/h5-8,11H,4,9-10H2,1-3H3,(H,17,18,20). The third kappa shape index (κ3) is 7.30. The summed E-state index contributed by atoms with van der Waals surface area (Å²) in [5, 5.41) is 1.93. The molecule has 0 unspecified atom stereocenters. The second-order valence-electron chi connectivity index (χ2n) is 5.08. The molecule has 0 aliphatic rings. The predicted octanol–water partition coefficient (Wildman–Crippen LogP) is 2.15. The Bertz CT molecular complexity index is 555. The number of carbonyl (C=O) groups excluding carboxylic acids is 3. The number of esters is 1. The van der Waals surface area contributed by atoms with Crippen molar-refractivity contribution in [3.8, 4) is 5.75 Å². The predicted molar refractivity (Wildman–Crippen MR) is 82.2 cm³/mol. The molecule has 2 amide bonds. The van der Waals surface area contributed by atoms with Crippen LogP contribution in [0.4, 0.5) is 4.79 Å². The molecule has 0 aromatic heterocycles. The summed E-state index contributed by atoms with van der Waals surface area (Å²) >= 11 is 0. The third-order valence-electron chi connectivity index (χ3n) is 2.50. The lowest BCUT2D eigenvalue weighted by atomic mass is 10.2. The maximum Gasteiger partial charge on any atom is 0.413 e. The summed E-state index contributed by atoms with van der Waals surface area (Å²) in [5.74, 6) is -0.538. The number of rotatable bonds is 7. The van der Waals surface area contributed by atoms with Crippen LogP contribution in [0.1, 0.15) is 31.1 Å². The van der Waals surface area contributed by atoms with E-state index in [4.69, 9.17) is 9.47 Å². The molecule has 7 heteroatoms. The number of imide groups is 1. The van der Waals surface area contributed by atoms with Crippen LogP contribution in [-0.2, 0) is 14.3 Å². The van der Waals surface area contributed by atoms with Gasteiger partial charge in [-0.15, -0.1) is 0 Å². The molecule has 0 aliphatic carbocycles. The van der Waals surface area contributed by atoms with E-state index in [1.54, 1.807) is 25.1 Å². The van der Waals surface area contributed by atoms with E-state index in [-0.39, 0.29) is 12.2 Å². The minimum atomic E-state index is -0.877. The fourth-order valence-corrected chi connectivity index (χ4v) is 1.51. The van der Waals surface area contributed by atoms with Crippen LogP contribution < -0.4 is 10.1 Å². The number of alkyl carbamates (subject to hydrolysis) is 1. The molecule has 0 heterocycles. The summed E-state index contributed by atoms with van der Waals surface area (Å²) in [6.07, 6.45) is -0.877. The second-order valence-corrected chi connectivity index (χ2v) is 5.08. The molecule has 0 aliphatic heterocycles. The first-order valence-corrected chi connectivity index (χ1v) is 7.29. The summed E-state index contributed by atoms with van der Waals surface area (Å²) in [6.45, 7) is 5.73. The average Bonchev–Trinajstić information content (AvgIpc) is 2.51. The van der Waals surface area contributed by atoms with Gasteiger partial charge in [0.15, 0.2) is 6.61 Å². The smallest absolute Gasteiger partial charge is 0.413 e. The van der Waals surface area contributed by atoms with Crippen LogP contribution >= 0.6 is 0 Å². The lowest BCUT2D eigenvalue weighted by molar-refractivity contribution is -0.123. The highest BCUT2D eigenvalue weighted by Gasteiger charge is 2.13. The number of ether oxygens (including phenoxy) is 3. The summed E-state index contributed by atoms with van der Waals surface area (Å²) in [7, 11) is 0. The highest BCUT2D eigenvalue weighted by molar-refractivity contribution is 5.95. The Balaban J connectivity index is 2.49. The summed E-state index contributed by atoms with van der Waals surface area (Å²) < 4.78 is 14.9. The average molecular weight is 323 g/mol. The van der Waals surface area contributed by atoms with Gasteiger partial charge in [0.2, 0.25) is 0 Å². The number of benzene rings is 1. The molecule has 7 nitrogen and oxygen atoms in total. The lowest BCUT2D eigenvalue weighted by Crippen LogP contribution is -2.34. The van der Waals surface area contributed by atoms with Crippen LogP contribution in [0.5, 0.6) is 5.75 Å². The zero-order valence-corrected chi connectivity index (χ0v) is 13.5. The number of amides is 2. The Kier molecular flexibility index (Phi) is 7.59. The van der Waals surface area contributed by atoms with Crippen LogP contribution in [0.25, 0.3) is 0 Å². The topological polar surface area (TPSA) is 90.9 Å². The van der Waals surface area contributed by atoms with Crippen molar-refractivity contribution in [2.24, 2.45) is 5.92 Å². The van der Waals surface area contributed by atoms with Crippen LogP contribution in [0.2, 0.25) is 0 Å². The van der Waals surface area contributed by atoms with Gasteiger partial charge in [-0.05, 0) is 31.0 Å². The van der Waals surface area contributed by atoms with Gasteiger partial charge in [0, 0.05) is 0 Å². The fourth-order valence-electron chi connectivity index (χ4n) is 1.51.